The molecule has 108 valence electrons. The minimum absolute atomic E-state index is 0.0233. The summed E-state index contributed by atoms with van der Waals surface area (Å²) < 4.78 is 0. The fraction of sp³-hybridized carbons (Fsp3) is 0.357. The lowest BCUT2D eigenvalue weighted by atomic mass is 10.2. The molecule has 0 fully saturated rings. The molecule has 0 saturated heterocycles. The number of benzene rings is 1. The summed E-state index contributed by atoms with van der Waals surface area (Å²) in [6, 6.07) is 6.00. The van der Waals surface area contributed by atoms with Gasteiger partial charge in [0, 0.05) is 31.5 Å². The van der Waals surface area contributed by atoms with Crippen LogP contribution in [0.3, 0.4) is 0 Å². The lowest BCUT2D eigenvalue weighted by Crippen LogP contribution is -2.34. The second-order valence-electron chi connectivity index (χ2n) is 4.36. The Morgan fingerprint density at radius 1 is 1.10 bits per heavy atom. The van der Waals surface area contributed by atoms with E-state index in [-0.39, 0.29) is 42.7 Å². The highest BCUT2D eigenvalue weighted by Crippen LogP contribution is 2.10. The van der Waals surface area contributed by atoms with Crippen LogP contribution in [-0.4, -0.2) is 35.8 Å². The second kappa shape index (κ2) is 7.93. The van der Waals surface area contributed by atoms with E-state index in [0.29, 0.717) is 12.1 Å². The maximum atomic E-state index is 11.7. The summed E-state index contributed by atoms with van der Waals surface area (Å²) in [7, 11) is 0. The summed E-state index contributed by atoms with van der Waals surface area (Å²) >= 11 is 0. The van der Waals surface area contributed by atoms with Gasteiger partial charge in [-0.3, -0.25) is 9.59 Å². The standard InChI is InChI=1S/C14H18N2O4/c1-10(17)5-6-13(19)15-7-8-16-14(20)11-3-2-4-12(18)9-11/h2-4,9,18H,5-8H2,1H3,(H,15,19)(H,16,20). The number of nitrogens with one attached hydrogen (secondary N) is 2. The molecular weight excluding hydrogens is 260 g/mol. The van der Waals surface area contributed by atoms with Gasteiger partial charge in [-0.1, -0.05) is 6.07 Å². The van der Waals surface area contributed by atoms with Gasteiger partial charge in [-0.25, -0.2) is 0 Å². The van der Waals surface area contributed by atoms with Crippen molar-refractivity contribution in [2.45, 2.75) is 19.8 Å². The molecule has 1 aromatic carbocycles. The fourth-order valence-electron chi connectivity index (χ4n) is 1.51. The van der Waals surface area contributed by atoms with Gasteiger partial charge in [0.2, 0.25) is 5.91 Å². The number of hydrogen-bond acceptors (Lipinski definition) is 4. The summed E-state index contributed by atoms with van der Waals surface area (Å²) in [4.78, 5) is 33.7. The van der Waals surface area contributed by atoms with Crippen LogP contribution in [0.1, 0.15) is 30.1 Å². The monoisotopic (exact) mass is 278 g/mol. The predicted molar refractivity (Wildman–Crippen MR) is 73.4 cm³/mol. The van der Waals surface area contributed by atoms with Crippen molar-refractivity contribution in [2.75, 3.05) is 13.1 Å². The second-order valence-corrected chi connectivity index (χ2v) is 4.36. The van der Waals surface area contributed by atoms with Gasteiger partial charge in [0.25, 0.3) is 5.91 Å². The number of carbonyl (C=O) groups is 3. The summed E-state index contributed by atoms with van der Waals surface area (Å²) in [6.07, 6.45) is 0.386. The smallest absolute Gasteiger partial charge is 0.251 e. The Morgan fingerprint density at radius 3 is 2.45 bits per heavy atom. The molecule has 0 unspecified atom stereocenters. The molecule has 0 aromatic heterocycles. The first kappa shape index (κ1) is 15.7. The van der Waals surface area contributed by atoms with E-state index in [1.54, 1.807) is 12.1 Å². The first-order chi connectivity index (χ1) is 9.49. The van der Waals surface area contributed by atoms with Crippen LogP contribution in [0.4, 0.5) is 0 Å². The van der Waals surface area contributed by atoms with E-state index in [0.717, 1.165) is 0 Å². The first-order valence-electron chi connectivity index (χ1n) is 6.32. The van der Waals surface area contributed by atoms with Crippen molar-refractivity contribution in [1.29, 1.82) is 0 Å². The van der Waals surface area contributed by atoms with E-state index < -0.39 is 0 Å². The van der Waals surface area contributed by atoms with Crippen LogP contribution in [0, 0.1) is 0 Å². The van der Waals surface area contributed by atoms with E-state index in [2.05, 4.69) is 10.6 Å². The molecule has 0 aliphatic heterocycles. The molecule has 0 aliphatic carbocycles. The van der Waals surface area contributed by atoms with E-state index in [1.807, 2.05) is 0 Å². The molecule has 0 spiro atoms. The van der Waals surface area contributed by atoms with Crippen molar-refractivity contribution in [1.82, 2.24) is 10.6 Å². The first-order valence-corrected chi connectivity index (χ1v) is 6.32. The molecular formula is C14H18N2O4. The molecule has 0 saturated carbocycles. The van der Waals surface area contributed by atoms with Crippen LogP contribution < -0.4 is 10.6 Å². The Bertz CT molecular complexity index is 500. The summed E-state index contributed by atoms with van der Waals surface area (Å²) in [5, 5.41) is 14.5. The molecule has 6 nitrogen and oxygen atoms in total. The molecule has 2 amide bonds. The topological polar surface area (TPSA) is 95.5 Å². The minimum Gasteiger partial charge on any atom is -0.508 e. The van der Waals surface area contributed by atoms with Crippen molar-refractivity contribution in [3.63, 3.8) is 0 Å². The van der Waals surface area contributed by atoms with Gasteiger partial charge >= 0.3 is 0 Å². The summed E-state index contributed by atoms with van der Waals surface area (Å²) in [6.45, 7) is 2.00. The molecule has 1 aromatic rings. The van der Waals surface area contributed by atoms with Gasteiger partial charge in [-0.15, -0.1) is 0 Å². The van der Waals surface area contributed by atoms with Crippen LogP contribution in [0.2, 0.25) is 0 Å². The molecule has 0 aliphatic rings. The third-order valence-electron chi connectivity index (χ3n) is 2.55. The average Bonchev–Trinajstić information content (AvgIpc) is 2.41. The Labute approximate surface area is 117 Å². The van der Waals surface area contributed by atoms with Crippen LogP contribution in [0.25, 0.3) is 0 Å². The van der Waals surface area contributed by atoms with Crippen LogP contribution >= 0.6 is 0 Å². The highest BCUT2D eigenvalue weighted by molar-refractivity contribution is 5.94. The Kier molecular flexibility index (Phi) is 6.22. The molecule has 0 atom stereocenters. The average molecular weight is 278 g/mol. The third-order valence-corrected chi connectivity index (χ3v) is 2.55. The Hall–Kier alpha value is -2.37. The van der Waals surface area contributed by atoms with Crippen LogP contribution in [0.15, 0.2) is 24.3 Å². The number of ketones is 1. The number of rotatable bonds is 7. The molecule has 6 heteroatoms. The molecule has 1 rings (SSSR count). The zero-order valence-electron chi connectivity index (χ0n) is 11.3. The highest BCUT2D eigenvalue weighted by Gasteiger charge is 2.06. The molecule has 20 heavy (non-hydrogen) atoms. The van der Waals surface area contributed by atoms with E-state index in [9.17, 15) is 19.5 Å². The highest BCUT2D eigenvalue weighted by atomic mass is 16.3. The van der Waals surface area contributed by atoms with Crippen LogP contribution in [-0.2, 0) is 9.59 Å². The maximum absolute atomic E-state index is 11.7. The number of aromatic hydroxyl groups is 1. The zero-order chi connectivity index (χ0) is 15.0. The van der Waals surface area contributed by atoms with Crippen molar-refractivity contribution in [2.24, 2.45) is 0 Å². The molecule has 0 heterocycles. The molecule has 0 bridgehead atoms. The lowest BCUT2D eigenvalue weighted by Gasteiger charge is -2.07. The zero-order valence-corrected chi connectivity index (χ0v) is 11.3. The van der Waals surface area contributed by atoms with E-state index in [4.69, 9.17) is 0 Å². The maximum Gasteiger partial charge on any atom is 0.251 e. The number of amides is 2. The minimum atomic E-state index is -0.320. The van der Waals surface area contributed by atoms with Crippen LogP contribution in [0.5, 0.6) is 5.75 Å². The Morgan fingerprint density at radius 2 is 1.80 bits per heavy atom. The van der Waals surface area contributed by atoms with Crippen molar-refractivity contribution in [3.8, 4) is 5.75 Å². The van der Waals surface area contributed by atoms with E-state index >= 15 is 0 Å². The molecule has 0 radical (unpaired) electrons. The Balaban J connectivity index is 2.22. The van der Waals surface area contributed by atoms with Gasteiger partial charge in [0.1, 0.15) is 11.5 Å². The largest absolute Gasteiger partial charge is 0.508 e. The fourth-order valence-corrected chi connectivity index (χ4v) is 1.51. The SMILES string of the molecule is CC(=O)CCC(=O)NCCNC(=O)c1cccc(O)c1. The normalized spacial score (nSPS) is 9.85. The number of Topliss-reactive ketones (excluding diaryl/α,β-unsaturated/α-hetero) is 1. The lowest BCUT2D eigenvalue weighted by molar-refractivity contribution is -0.124. The number of carbonyl (C=O) groups excluding carboxylic acids is 3. The summed E-state index contributed by atoms with van der Waals surface area (Å²) in [5.74, 6) is -0.543. The quantitative estimate of drug-likeness (QED) is 0.637. The number of hydrogen-bond donors (Lipinski definition) is 3. The van der Waals surface area contributed by atoms with Crippen molar-refractivity contribution in [3.05, 3.63) is 29.8 Å². The summed E-state index contributed by atoms with van der Waals surface area (Å²) in [5.41, 5.74) is 0.355. The third kappa shape index (κ3) is 5.99. The van der Waals surface area contributed by atoms with Crippen molar-refractivity contribution >= 4 is 17.6 Å². The molecule has 3 N–H and O–H groups in total. The van der Waals surface area contributed by atoms with E-state index in [1.165, 1.54) is 19.1 Å². The van der Waals surface area contributed by atoms with Gasteiger partial charge in [-0.05, 0) is 25.1 Å². The van der Waals surface area contributed by atoms with Gasteiger partial charge in [0.05, 0.1) is 0 Å². The number of phenolic OH excluding ortho intramolecular Hbond substituents is 1. The van der Waals surface area contributed by atoms with Gasteiger partial charge in [-0.2, -0.15) is 0 Å². The number of phenols is 1. The van der Waals surface area contributed by atoms with Gasteiger partial charge < -0.3 is 20.5 Å². The van der Waals surface area contributed by atoms with Crippen molar-refractivity contribution < 1.29 is 19.5 Å². The van der Waals surface area contributed by atoms with Gasteiger partial charge in [0.15, 0.2) is 0 Å². The predicted octanol–water partition coefficient (Wildman–Crippen LogP) is 0.607.